The zero-order valence-corrected chi connectivity index (χ0v) is 8.29. The molecule has 0 bridgehead atoms. The van der Waals surface area contributed by atoms with Gasteiger partial charge in [0.05, 0.1) is 24.6 Å². The van der Waals surface area contributed by atoms with E-state index in [0.29, 0.717) is 6.54 Å². The predicted octanol–water partition coefficient (Wildman–Crippen LogP) is 1.19. The number of rotatable bonds is 3. The molecule has 0 radical (unpaired) electrons. The summed E-state index contributed by atoms with van der Waals surface area (Å²) in [6.07, 6.45) is 4.33. The number of carbonyl (C=O) groups is 1. The van der Waals surface area contributed by atoms with Crippen molar-refractivity contribution in [3.8, 4) is 0 Å². The zero-order valence-electron chi connectivity index (χ0n) is 8.29. The van der Waals surface area contributed by atoms with Gasteiger partial charge in [-0.2, -0.15) is 0 Å². The SMILES string of the molecule is O=C(O)c1ccc(=O)n(Cc2ccoc2)c1. The van der Waals surface area contributed by atoms with E-state index in [1.807, 2.05) is 0 Å². The van der Waals surface area contributed by atoms with Crippen LogP contribution in [0.1, 0.15) is 15.9 Å². The maximum absolute atomic E-state index is 11.5. The molecular weight excluding hydrogens is 210 g/mol. The van der Waals surface area contributed by atoms with Crippen molar-refractivity contribution in [3.63, 3.8) is 0 Å². The molecule has 5 nitrogen and oxygen atoms in total. The van der Waals surface area contributed by atoms with Crippen molar-refractivity contribution in [3.05, 3.63) is 58.4 Å². The van der Waals surface area contributed by atoms with Crippen LogP contribution < -0.4 is 5.56 Å². The highest BCUT2D eigenvalue weighted by molar-refractivity contribution is 5.87. The van der Waals surface area contributed by atoms with E-state index in [0.717, 1.165) is 5.56 Å². The van der Waals surface area contributed by atoms with Crippen molar-refractivity contribution >= 4 is 5.97 Å². The van der Waals surface area contributed by atoms with Crippen LogP contribution in [0.25, 0.3) is 0 Å². The third kappa shape index (κ3) is 2.03. The Bertz CT molecular complexity index is 554. The van der Waals surface area contributed by atoms with E-state index in [2.05, 4.69) is 0 Å². The molecular formula is C11H9NO4. The molecule has 0 saturated carbocycles. The molecule has 0 fully saturated rings. The third-order valence-electron chi connectivity index (χ3n) is 2.16. The lowest BCUT2D eigenvalue weighted by molar-refractivity contribution is 0.0696. The van der Waals surface area contributed by atoms with Crippen LogP contribution >= 0.6 is 0 Å². The van der Waals surface area contributed by atoms with Gasteiger partial charge < -0.3 is 14.1 Å². The van der Waals surface area contributed by atoms with E-state index in [9.17, 15) is 9.59 Å². The Hall–Kier alpha value is -2.30. The number of carboxylic acids is 1. The fourth-order valence-corrected chi connectivity index (χ4v) is 1.36. The van der Waals surface area contributed by atoms with Gasteiger partial charge in [0.1, 0.15) is 0 Å². The second-order valence-electron chi connectivity index (χ2n) is 3.32. The number of aromatic nitrogens is 1. The standard InChI is InChI=1S/C11H9NO4/c13-10-2-1-9(11(14)15)6-12(10)5-8-3-4-16-7-8/h1-4,6-7H,5H2,(H,14,15). The molecule has 0 aliphatic heterocycles. The first kappa shape index (κ1) is 10.2. The maximum Gasteiger partial charge on any atom is 0.337 e. The molecule has 0 aliphatic carbocycles. The second-order valence-corrected chi connectivity index (χ2v) is 3.32. The lowest BCUT2D eigenvalue weighted by Gasteiger charge is -2.04. The summed E-state index contributed by atoms with van der Waals surface area (Å²) in [5.74, 6) is -1.05. The molecule has 2 heterocycles. The van der Waals surface area contributed by atoms with Gasteiger partial charge in [0.15, 0.2) is 0 Å². The predicted molar refractivity (Wildman–Crippen MR) is 55.5 cm³/mol. The quantitative estimate of drug-likeness (QED) is 0.841. The smallest absolute Gasteiger partial charge is 0.337 e. The molecule has 0 aromatic carbocycles. The largest absolute Gasteiger partial charge is 0.478 e. The van der Waals surface area contributed by atoms with Crippen molar-refractivity contribution in [2.75, 3.05) is 0 Å². The van der Waals surface area contributed by atoms with Gasteiger partial charge in [-0.05, 0) is 12.1 Å². The van der Waals surface area contributed by atoms with Crippen LogP contribution in [0.5, 0.6) is 0 Å². The number of carboxylic acid groups (broad SMARTS) is 1. The summed E-state index contributed by atoms with van der Waals surface area (Å²) in [4.78, 5) is 22.2. The number of pyridine rings is 1. The highest BCUT2D eigenvalue weighted by Gasteiger charge is 2.05. The van der Waals surface area contributed by atoms with Crippen LogP contribution in [0.4, 0.5) is 0 Å². The lowest BCUT2D eigenvalue weighted by Crippen LogP contribution is -2.20. The fourth-order valence-electron chi connectivity index (χ4n) is 1.36. The van der Waals surface area contributed by atoms with Crippen molar-refractivity contribution in [1.82, 2.24) is 4.57 Å². The minimum absolute atomic E-state index is 0.0862. The summed E-state index contributed by atoms with van der Waals surface area (Å²) in [5.41, 5.74) is 0.652. The van der Waals surface area contributed by atoms with Gasteiger partial charge in [-0.3, -0.25) is 4.79 Å². The normalized spacial score (nSPS) is 10.2. The van der Waals surface area contributed by atoms with Gasteiger partial charge >= 0.3 is 5.97 Å². The van der Waals surface area contributed by atoms with E-state index < -0.39 is 5.97 Å². The number of furan rings is 1. The highest BCUT2D eigenvalue weighted by Crippen LogP contribution is 2.03. The topological polar surface area (TPSA) is 72.4 Å². The van der Waals surface area contributed by atoms with E-state index in [4.69, 9.17) is 9.52 Å². The van der Waals surface area contributed by atoms with Crippen LogP contribution in [-0.2, 0) is 6.54 Å². The van der Waals surface area contributed by atoms with Gasteiger partial charge in [0.2, 0.25) is 0 Å². The van der Waals surface area contributed by atoms with Gasteiger partial charge in [0.25, 0.3) is 5.56 Å². The minimum Gasteiger partial charge on any atom is -0.478 e. The summed E-state index contributed by atoms with van der Waals surface area (Å²) in [5, 5.41) is 8.79. The van der Waals surface area contributed by atoms with E-state index in [-0.39, 0.29) is 11.1 Å². The van der Waals surface area contributed by atoms with Crippen molar-refractivity contribution < 1.29 is 14.3 Å². The second kappa shape index (κ2) is 4.06. The first-order chi connectivity index (χ1) is 7.66. The highest BCUT2D eigenvalue weighted by atomic mass is 16.4. The molecule has 0 aliphatic rings. The molecule has 0 unspecified atom stereocenters. The monoisotopic (exact) mass is 219 g/mol. The number of nitrogens with zero attached hydrogens (tertiary/aromatic N) is 1. The molecule has 0 spiro atoms. The lowest BCUT2D eigenvalue weighted by atomic mass is 10.2. The molecule has 2 rings (SSSR count). The van der Waals surface area contributed by atoms with Gasteiger partial charge in [-0.25, -0.2) is 4.79 Å². The van der Waals surface area contributed by atoms with Gasteiger partial charge in [-0.1, -0.05) is 0 Å². The van der Waals surface area contributed by atoms with Crippen molar-refractivity contribution in [2.45, 2.75) is 6.54 Å². The first-order valence-corrected chi connectivity index (χ1v) is 4.61. The van der Waals surface area contributed by atoms with Gasteiger partial charge in [-0.15, -0.1) is 0 Å². The average molecular weight is 219 g/mol. The first-order valence-electron chi connectivity index (χ1n) is 4.61. The molecule has 16 heavy (non-hydrogen) atoms. The van der Waals surface area contributed by atoms with Crippen LogP contribution in [-0.4, -0.2) is 15.6 Å². The van der Waals surface area contributed by atoms with Crippen LogP contribution in [0.15, 0.2) is 46.1 Å². The molecule has 0 amide bonds. The third-order valence-corrected chi connectivity index (χ3v) is 2.16. The Morgan fingerprint density at radius 3 is 2.81 bits per heavy atom. The van der Waals surface area contributed by atoms with E-state index >= 15 is 0 Å². The van der Waals surface area contributed by atoms with E-state index in [1.54, 1.807) is 6.07 Å². The Morgan fingerprint density at radius 2 is 2.19 bits per heavy atom. The molecule has 0 atom stereocenters. The maximum atomic E-state index is 11.5. The number of hydrogen-bond donors (Lipinski definition) is 1. The molecule has 2 aromatic rings. The van der Waals surface area contributed by atoms with Crippen LogP contribution in [0.3, 0.4) is 0 Å². The average Bonchev–Trinajstić information content (AvgIpc) is 2.73. The molecule has 82 valence electrons. The Kier molecular flexibility index (Phi) is 2.59. The number of aromatic carboxylic acids is 1. The minimum atomic E-state index is -1.05. The molecule has 5 heteroatoms. The van der Waals surface area contributed by atoms with E-state index in [1.165, 1.54) is 35.4 Å². The summed E-state index contributed by atoms with van der Waals surface area (Å²) in [6, 6.07) is 4.25. The number of hydrogen-bond acceptors (Lipinski definition) is 3. The summed E-state index contributed by atoms with van der Waals surface area (Å²) >= 11 is 0. The van der Waals surface area contributed by atoms with Crippen molar-refractivity contribution in [1.29, 1.82) is 0 Å². The zero-order chi connectivity index (χ0) is 11.5. The van der Waals surface area contributed by atoms with Crippen LogP contribution in [0.2, 0.25) is 0 Å². The Balaban J connectivity index is 2.36. The summed E-state index contributed by atoms with van der Waals surface area (Å²) in [6.45, 7) is 0.302. The Morgan fingerprint density at radius 1 is 1.38 bits per heavy atom. The Labute approximate surface area is 90.6 Å². The van der Waals surface area contributed by atoms with Crippen LogP contribution in [0, 0.1) is 0 Å². The summed E-state index contributed by atoms with van der Waals surface area (Å²) < 4.78 is 6.20. The molecule has 1 N–H and O–H groups in total. The molecule has 2 aromatic heterocycles. The summed E-state index contributed by atoms with van der Waals surface area (Å²) in [7, 11) is 0. The fraction of sp³-hybridized carbons (Fsp3) is 0.0909. The van der Waals surface area contributed by atoms with Gasteiger partial charge in [0, 0.05) is 17.8 Å². The molecule has 0 saturated heterocycles. The van der Waals surface area contributed by atoms with Crippen molar-refractivity contribution in [2.24, 2.45) is 0 Å².